The maximum absolute atomic E-state index is 12.8. The lowest BCUT2D eigenvalue weighted by Gasteiger charge is -2.43. The van der Waals surface area contributed by atoms with Gasteiger partial charge in [-0.05, 0) is 65.4 Å². The fourth-order valence-corrected chi connectivity index (χ4v) is 7.35. The van der Waals surface area contributed by atoms with E-state index in [0.29, 0.717) is 6.42 Å². The Kier molecular flexibility index (Phi) is 13.7. The molecule has 53 heavy (non-hydrogen) atoms. The van der Waals surface area contributed by atoms with E-state index in [2.05, 4.69) is 64.9 Å². The molecule has 2 amide bonds. The lowest BCUT2D eigenvalue weighted by atomic mass is 9.89. The Balaban J connectivity index is 1.12. The minimum Gasteiger partial charge on any atom is -0.467 e. The maximum Gasteiger partial charge on any atom is 0.328 e. The Labute approximate surface area is 313 Å². The molecule has 2 aliphatic rings. The Morgan fingerprint density at radius 1 is 0.792 bits per heavy atom. The van der Waals surface area contributed by atoms with Crippen molar-refractivity contribution in [2.75, 3.05) is 26.7 Å². The SMILES string of the molecule is COC(=O)C(Cc1ccccc1)NC(=O)NCc1cccc(-c2ccc(C3OC(CN4CCCCCCC4)C(C)C(c4ccc(CO)cc4)O3)cc2)c1. The fraction of sp³-hybridized carbons (Fsp3) is 0.409. The summed E-state index contributed by atoms with van der Waals surface area (Å²) in [5.41, 5.74) is 6.83. The second-order valence-corrected chi connectivity index (χ2v) is 14.3. The lowest BCUT2D eigenvalue weighted by molar-refractivity contribution is -0.276. The number of amides is 2. The van der Waals surface area contributed by atoms with Crippen molar-refractivity contribution in [3.63, 3.8) is 0 Å². The molecule has 0 saturated carbocycles. The van der Waals surface area contributed by atoms with E-state index in [1.807, 2.05) is 60.7 Å². The number of carbonyl (C=O) groups is 2. The van der Waals surface area contributed by atoms with Crippen LogP contribution in [0.1, 0.15) is 79.2 Å². The first-order valence-electron chi connectivity index (χ1n) is 19.0. The van der Waals surface area contributed by atoms with Gasteiger partial charge in [0.15, 0.2) is 6.29 Å². The molecule has 4 aromatic rings. The molecule has 0 bridgehead atoms. The Bertz CT molecular complexity index is 1740. The largest absolute Gasteiger partial charge is 0.467 e. The van der Waals surface area contributed by atoms with Crippen molar-refractivity contribution in [1.82, 2.24) is 15.5 Å². The van der Waals surface area contributed by atoms with Crippen LogP contribution in [0.4, 0.5) is 4.79 Å². The molecule has 2 saturated heterocycles. The highest BCUT2D eigenvalue weighted by atomic mass is 16.7. The van der Waals surface area contributed by atoms with E-state index in [0.717, 1.165) is 58.6 Å². The predicted molar refractivity (Wildman–Crippen MR) is 206 cm³/mol. The van der Waals surface area contributed by atoms with Gasteiger partial charge in [-0.1, -0.05) is 123 Å². The van der Waals surface area contributed by atoms with Gasteiger partial charge in [-0.2, -0.15) is 0 Å². The Hall–Kier alpha value is -4.54. The van der Waals surface area contributed by atoms with E-state index in [-0.39, 0.29) is 31.3 Å². The van der Waals surface area contributed by atoms with Crippen LogP contribution in [-0.4, -0.2) is 60.9 Å². The second kappa shape index (κ2) is 19.0. The van der Waals surface area contributed by atoms with Crippen LogP contribution >= 0.6 is 0 Å². The zero-order valence-electron chi connectivity index (χ0n) is 30.9. The Morgan fingerprint density at radius 2 is 1.47 bits per heavy atom. The summed E-state index contributed by atoms with van der Waals surface area (Å²) in [5, 5.41) is 15.3. The summed E-state index contributed by atoms with van der Waals surface area (Å²) in [6.07, 6.45) is 6.02. The molecule has 0 radical (unpaired) electrons. The van der Waals surface area contributed by atoms with Crippen LogP contribution in [0.2, 0.25) is 0 Å². The van der Waals surface area contributed by atoms with Crippen molar-refractivity contribution in [2.45, 2.75) is 83.1 Å². The fourth-order valence-electron chi connectivity index (χ4n) is 7.35. The summed E-state index contributed by atoms with van der Waals surface area (Å²) >= 11 is 0. The van der Waals surface area contributed by atoms with Gasteiger partial charge in [0, 0.05) is 31.0 Å². The van der Waals surface area contributed by atoms with E-state index in [4.69, 9.17) is 14.2 Å². The molecule has 5 unspecified atom stereocenters. The summed E-state index contributed by atoms with van der Waals surface area (Å²) in [4.78, 5) is 27.8. The normalized spacial score (nSPS) is 21.5. The van der Waals surface area contributed by atoms with Gasteiger partial charge < -0.3 is 34.9 Å². The predicted octanol–water partition coefficient (Wildman–Crippen LogP) is 7.49. The molecular weight excluding hydrogens is 666 g/mol. The lowest BCUT2D eigenvalue weighted by Crippen LogP contribution is -2.47. The number of aliphatic hydroxyl groups is 1. The van der Waals surface area contributed by atoms with Gasteiger partial charge in [-0.15, -0.1) is 0 Å². The smallest absolute Gasteiger partial charge is 0.328 e. The van der Waals surface area contributed by atoms with Crippen LogP contribution in [0.25, 0.3) is 11.1 Å². The van der Waals surface area contributed by atoms with E-state index < -0.39 is 24.3 Å². The molecule has 2 heterocycles. The van der Waals surface area contributed by atoms with Crippen LogP contribution in [0.3, 0.4) is 0 Å². The Morgan fingerprint density at radius 3 is 2.17 bits per heavy atom. The van der Waals surface area contributed by atoms with Gasteiger partial charge in [0.25, 0.3) is 0 Å². The topological polar surface area (TPSA) is 109 Å². The van der Waals surface area contributed by atoms with Gasteiger partial charge >= 0.3 is 12.0 Å². The summed E-state index contributed by atoms with van der Waals surface area (Å²) < 4.78 is 18.4. The number of nitrogens with zero attached hydrogens (tertiary/aromatic N) is 1. The molecule has 9 heteroatoms. The highest BCUT2D eigenvalue weighted by Gasteiger charge is 2.39. The summed E-state index contributed by atoms with van der Waals surface area (Å²) in [7, 11) is 1.32. The third-order valence-corrected chi connectivity index (χ3v) is 10.5. The highest BCUT2D eigenvalue weighted by molar-refractivity contribution is 5.83. The summed E-state index contributed by atoms with van der Waals surface area (Å²) in [6.45, 7) is 5.61. The van der Waals surface area contributed by atoms with Crippen molar-refractivity contribution >= 4 is 12.0 Å². The zero-order valence-corrected chi connectivity index (χ0v) is 30.9. The van der Waals surface area contributed by atoms with Gasteiger partial charge in [0.05, 0.1) is 25.9 Å². The number of hydrogen-bond donors (Lipinski definition) is 3. The molecule has 6 rings (SSSR count). The first kappa shape index (κ1) is 38.2. The van der Waals surface area contributed by atoms with E-state index in [1.54, 1.807) is 0 Å². The van der Waals surface area contributed by atoms with Gasteiger partial charge in [-0.25, -0.2) is 9.59 Å². The van der Waals surface area contributed by atoms with Crippen molar-refractivity contribution in [3.05, 3.63) is 131 Å². The molecule has 0 spiro atoms. The number of aliphatic hydroxyl groups excluding tert-OH is 1. The first-order valence-corrected chi connectivity index (χ1v) is 19.0. The van der Waals surface area contributed by atoms with Gasteiger partial charge in [-0.3, -0.25) is 0 Å². The molecular formula is C44H53N3O6. The van der Waals surface area contributed by atoms with Gasteiger partial charge in [0.2, 0.25) is 0 Å². The van der Waals surface area contributed by atoms with Crippen molar-refractivity contribution in [3.8, 4) is 11.1 Å². The summed E-state index contributed by atoms with van der Waals surface area (Å²) in [6, 6.07) is 32.7. The van der Waals surface area contributed by atoms with Crippen LogP contribution < -0.4 is 10.6 Å². The monoisotopic (exact) mass is 719 g/mol. The molecule has 0 aromatic heterocycles. The second-order valence-electron chi connectivity index (χ2n) is 14.3. The maximum atomic E-state index is 12.8. The number of carbonyl (C=O) groups excluding carboxylic acids is 2. The van der Waals surface area contributed by atoms with Gasteiger partial charge in [0.1, 0.15) is 6.04 Å². The third kappa shape index (κ3) is 10.5. The number of esters is 1. The van der Waals surface area contributed by atoms with Crippen molar-refractivity contribution in [1.29, 1.82) is 0 Å². The van der Waals surface area contributed by atoms with Crippen molar-refractivity contribution < 1.29 is 28.9 Å². The molecule has 4 aromatic carbocycles. The van der Waals surface area contributed by atoms with Crippen LogP contribution in [0, 0.1) is 5.92 Å². The van der Waals surface area contributed by atoms with Crippen molar-refractivity contribution in [2.24, 2.45) is 5.92 Å². The highest BCUT2D eigenvalue weighted by Crippen LogP contribution is 2.42. The van der Waals surface area contributed by atoms with E-state index >= 15 is 0 Å². The molecule has 9 nitrogen and oxygen atoms in total. The number of hydrogen-bond acceptors (Lipinski definition) is 7. The molecule has 280 valence electrons. The van der Waals surface area contributed by atoms with Crippen LogP contribution in [0.15, 0.2) is 103 Å². The zero-order chi connectivity index (χ0) is 37.0. The molecule has 0 aliphatic carbocycles. The third-order valence-electron chi connectivity index (χ3n) is 10.5. The number of methoxy groups -OCH3 is 1. The molecule has 2 aliphatic heterocycles. The number of nitrogens with one attached hydrogen (secondary N) is 2. The minimum absolute atomic E-state index is 0.00186. The quantitative estimate of drug-likeness (QED) is 0.130. The average Bonchev–Trinajstić information content (AvgIpc) is 3.19. The molecule has 3 N–H and O–H groups in total. The number of rotatable bonds is 12. The number of benzene rings is 4. The summed E-state index contributed by atoms with van der Waals surface area (Å²) in [5.74, 6) is -0.354. The van der Waals surface area contributed by atoms with E-state index in [9.17, 15) is 14.7 Å². The minimum atomic E-state index is -0.802. The van der Waals surface area contributed by atoms with Crippen LogP contribution in [-0.2, 0) is 38.6 Å². The number of urea groups is 1. The van der Waals surface area contributed by atoms with Crippen LogP contribution in [0.5, 0.6) is 0 Å². The number of ether oxygens (including phenoxy) is 3. The molecule has 5 atom stereocenters. The average molecular weight is 720 g/mol. The number of likely N-dealkylation sites (tertiary alicyclic amines) is 1. The molecule has 2 fully saturated rings. The van der Waals surface area contributed by atoms with E-state index in [1.165, 1.54) is 39.2 Å². The first-order chi connectivity index (χ1) is 25.9. The standard InChI is InChI=1S/C44H53N3O6/c1-31-40(29-47-24-9-4-3-5-10-25-47)52-43(53-41(31)36-18-16-33(30-48)17-19-36)37-22-20-35(21-23-37)38-15-11-14-34(26-38)28-45-44(50)46-39(42(49)51-2)27-32-12-7-6-8-13-32/h6-8,11-23,26,31,39-41,43,48H,3-5,9-10,24-25,27-30H2,1-2H3,(H2,45,46,50).